The molecule has 0 atom stereocenters. The van der Waals surface area contributed by atoms with Gasteiger partial charge in [0.05, 0.1) is 17.2 Å². The molecule has 0 saturated carbocycles. The summed E-state index contributed by atoms with van der Waals surface area (Å²) in [6, 6.07) is 0. The molecule has 1 aliphatic rings. The van der Waals surface area contributed by atoms with Crippen LogP contribution >= 0.6 is 11.3 Å². The summed E-state index contributed by atoms with van der Waals surface area (Å²) in [5.74, 6) is 1.12. The van der Waals surface area contributed by atoms with Crippen molar-refractivity contribution < 1.29 is 4.79 Å². The van der Waals surface area contributed by atoms with E-state index >= 15 is 0 Å². The highest BCUT2D eigenvalue weighted by Crippen LogP contribution is 2.17. The summed E-state index contributed by atoms with van der Waals surface area (Å²) in [7, 11) is 0. The van der Waals surface area contributed by atoms with Gasteiger partial charge in [0.2, 0.25) is 5.91 Å². The molecule has 1 aliphatic heterocycles. The third kappa shape index (κ3) is 5.49. The average molecular weight is 337 g/mol. The fourth-order valence-electron chi connectivity index (χ4n) is 2.63. The second-order valence-corrected chi connectivity index (χ2v) is 6.99. The number of nitrogens with one attached hydrogen (secondary N) is 2. The number of hydrogen-bond acceptors (Lipinski definition) is 4. The lowest BCUT2D eigenvalue weighted by Crippen LogP contribution is -2.39. The smallest absolute Gasteiger partial charge is 0.222 e. The van der Waals surface area contributed by atoms with E-state index in [9.17, 15) is 4.79 Å². The first-order valence-electron chi connectivity index (χ1n) is 8.33. The monoisotopic (exact) mass is 337 g/mol. The molecule has 2 N–H and O–H groups in total. The number of likely N-dealkylation sites (tertiary alicyclic amines) is 1. The minimum Gasteiger partial charge on any atom is -0.357 e. The van der Waals surface area contributed by atoms with Crippen LogP contribution in [-0.2, 0) is 11.3 Å². The Morgan fingerprint density at radius 3 is 2.83 bits per heavy atom. The number of aliphatic imine (C=N–C) groups is 1. The van der Waals surface area contributed by atoms with Gasteiger partial charge in [-0.05, 0) is 33.6 Å². The Morgan fingerprint density at radius 1 is 1.39 bits per heavy atom. The Hall–Kier alpha value is -1.63. The predicted octanol–water partition coefficient (Wildman–Crippen LogP) is 1.83. The van der Waals surface area contributed by atoms with Crippen molar-refractivity contribution in [2.24, 2.45) is 4.99 Å². The van der Waals surface area contributed by atoms with Gasteiger partial charge in [-0.25, -0.2) is 9.98 Å². The molecule has 6 nitrogen and oxygen atoms in total. The number of amides is 1. The fraction of sp³-hybridized carbons (Fsp3) is 0.688. The van der Waals surface area contributed by atoms with E-state index in [4.69, 9.17) is 0 Å². The molecule has 128 valence electrons. The average Bonchev–Trinajstić information content (AvgIpc) is 3.06. The molecule has 1 aromatic heterocycles. The van der Waals surface area contributed by atoms with Gasteiger partial charge in [-0.3, -0.25) is 4.79 Å². The van der Waals surface area contributed by atoms with Crippen LogP contribution in [0.3, 0.4) is 0 Å². The number of hydrogen-bond donors (Lipinski definition) is 2. The van der Waals surface area contributed by atoms with Crippen LogP contribution in [0.4, 0.5) is 0 Å². The van der Waals surface area contributed by atoms with E-state index in [1.807, 2.05) is 18.7 Å². The van der Waals surface area contributed by atoms with Gasteiger partial charge >= 0.3 is 0 Å². The zero-order valence-electron chi connectivity index (χ0n) is 14.3. The standard InChI is InChI=1S/C16H27N5OS/c1-4-17-16(19-11-14-12(2)20-13(3)23-14)18-8-6-10-21-9-5-7-15(21)22/h4-11H2,1-3H3,(H2,17,18,19). The van der Waals surface area contributed by atoms with Crippen molar-refractivity contribution >= 4 is 23.2 Å². The van der Waals surface area contributed by atoms with Gasteiger partial charge in [0.1, 0.15) is 0 Å². The minimum absolute atomic E-state index is 0.293. The molecule has 1 fully saturated rings. The van der Waals surface area contributed by atoms with Crippen molar-refractivity contribution in [2.45, 2.75) is 46.6 Å². The van der Waals surface area contributed by atoms with Gasteiger partial charge in [0, 0.05) is 37.5 Å². The van der Waals surface area contributed by atoms with Crippen LogP contribution in [0, 0.1) is 13.8 Å². The third-order valence-corrected chi connectivity index (χ3v) is 4.85. The van der Waals surface area contributed by atoms with Gasteiger partial charge in [-0.15, -0.1) is 11.3 Å². The Labute approximate surface area is 142 Å². The maximum atomic E-state index is 11.6. The van der Waals surface area contributed by atoms with Crippen molar-refractivity contribution in [1.82, 2.24) is 20.5 Å². The van der Waals surface area contributed by atoms with Crippen LogP contribution in [-0.4, -0.2) is 47.9 Å². The maximum absolute atomic E-state index is 11.6. The molecule has 0 bridgehead atoms. The number of carbonyl (C=O) groups is 1. The van der Waals surface area contributed by atoms with Crippen LogP contribution in [0.2, 0.25) is 0 Å². The van der Waals surface area contributed by atoms with E-state index in [1.54, 1.807) is 11.3 Å². The number of guanidine groups is 1. The van der Waals surface area contributed by atoms with Gasteiger partial charge in [0.15, 0.2) is 5.96 Å². The van der Waals surface area contributed by atoms with E-state index in [2.05, 4.69) is 27.5 Å². The summed E-state index contributed by atoms with van der Waals surface area (Å²) in [6.45, 7) is 10.2. The Balaban J connectivity index is 1.77. The summed E-state index contributed by atoms with van der Waals surface area (Å²) < 4.78 is 0. The van der Waals surface area contributed by atoms with E-state index in [0.29, 0.717) is 18.9 Å². The number of nitrogens with zero attached hydrogens (tertiary/aromatic N) is 3. The Morgan fingerprint density at radius 2 is 2.22 bits per heavy atom. The lowest BCUT2D eigenvalue weighted by molar-refractivity contribution is -0.127. The summed E-state index contributed by atoms with van der Waals surface area (Å²) in [5.41, 5.74) is 1.07. The topological polar surface area (TPSA) is 69.6 Å². The van der Waals surface area contributed by atoms with Crippen LogP contribution < -0.4 is 10.6 Å². The van der Waals surface area contributed by atoms with Crippen molar-refractivity contribution in [3.63, 3.8) is 0 Å². The first-order valence-corrected chi connectivity index (χ1v) is 9.14. The van der Waals surface area contributed by atoms with Crippen LogP contribution in [0.5, 0.6) is 0 Å². The molecule has 1 amide bonds. The van der Waals surface area contributed by atoms with Crippen molar-refractivity contribution in [2.75, 3.05) is 26.2 Å². The molecule has 0 aliphatic carbocycles. The first kappa shape index (κ1) is 17.7. The molecule has 0 spiro atoms. The van der Waals surface area contributed by atoms with E-state index in [-0.39, 0.29) is 0 Å². The highest BCUT2D eigenvalue weighted by Gasteiger charge is 2.18. The fourth-order valence-corrected chi connectivity index (χ4v) is 3.49. The van der Waals surface area contributed by atoms with Gasteiger partial charge in [0.25, 0.3) is 0 Å². The maximum Gasteiger partial charge on any atom is 0.222 e. The van der Waals surface area contributed by atoms with Crippen molar-refractivity contribution in [3.05, 3.63) is 15.6 Å². The quantitative estimate of drug-likeness (QED) is 0.452. The van der Waals surface area contributed by atoms with Crippen LogP contribution in [0.1, 0.15) is 41.8 Å². The van der Waals surface area contributed by atoms with Crippen LogP contribution in [0.15, 0.2) is 4.99 Å². The molecule has 1 aromatic rings. The summed E-state index contributed by atoms with van der Waals surface area (Å²) in [4.78, 5) is 23.8. The number of thiazole rings is 1. The lowest BCUT2D eigenvalue weighted by atomic mass is 10.4. The first-order chi connectivity index (χ1) is 11.1. The summed E-state index contributed by atoms with van der Waals surface area (Å²) in [6.07, 6.45) is 2.66. The molecular weight excluding hydrogens is 310 g/mol. The predicted molar refractivity (Wildman–Crippen MR) is 94.8 cm³/mol. The Kier molecular flexibility index (Phi) is 6.83. The highest BCUT2D eigenvalue weighted by molar-refractivity contribution is 7.11. The Bertz CT molecular complexity index is 555. The largest absolute Gasteiger partial charge is 0.357 e. The van der Waals surface area contributed by atoms with Gasteiger partial charge < -0.3 is 15.5 Å². The second-order valence-electron chi connectivity index (χ2n) is 5.70. The molecular formula is C16H27N5OS. The van der Waals surface area contributed by atoms with E-state index in [1.165, 1.54) is 4.88 Å². The third-order valence-electron chi connectivity index (χ3n) is 3.79. The molecule has 23 heavy (non-hydrogen) atoms. The number of rotatable bonds is 7. The minimum atomic E-state index is 0.293. The molecule has 0 aromatic carbocycles. The zero-order valence-corrected chi connectivity index (χ0v) is 15.1. The number of aryl methyl sites for hydroxylation is 2. The molecule has 2 heterocycles. The molecule has 7 heteroatoms. The van der Waals surface area contributed by atoms with Gasteiger partial charge in [-0.2, -0.15) is 0 Å². The summed E-state index contributed by atoms with van der Waals surface area (Å²) in [5, 5.41) is 7.68. The van der Waals surface area contributed by atoms with Crippen molar-refractivity contribution in [3.8, 4) is 0 Å². The summed E-state index contributed by atoms with van der Waals surface area (Å²) >= 11 is 1.70. The number of aromatic nitrogens is 1. The molecule has 0 radical (unpaired) electrons. The SMILES string of the molecule is CCNC(=NCc1sc(C)nc1C)NCCCN1CCCC1=O. The zero-order chi connectivity index (χ0) is 16.7. The van der Waals surface area contributed by atoms with E-state index < -0.39 is 0 Å². The van der Waals surface area contributed by atoms with E-state index in [0.717, 1.165) is 55.7 Å². The molecule has 1 saturated heterocycles. The second kappa shape index (κ2) is 8.86. The van der Waals surface area contributed by atoms with Crippen molar-refractivity contribution in [1.29, 1.82) is 0 Å². The molecule has 0 unspecified atom stereocenters. The van der Waals surface area contributed by atoms with Gasteiger partial charge in [-0.1, -0.05) is 0 Å². The van der Waals surface area contributed by atoms with Crippen LogP contribution in [0.25, 0.3) is 0 Å². The number of carbonyl (C=O) groups excluding carboxylic acids is 1. The normalized spacial score (nSPS) is 15.3. The molecule has 2 rings (SSSR count). The lowest BCUT2D eigenvalue weighted by Gasteiger charge is -2.16. The highest BCUT2D eigenvalue weighted by atomic mass is 32.1.